The van der Waals surface area contributed by atoms with Gasteiger partial charge in [-0.05, 0) is 30.9 Å². The van der Waals surface area contributed by atoms with Crippen LogP contribution in [0.1, 0.15) is 37.3 Å². The van der Waals surface area contributed by atoms with Crippen LogP contribution >= 0.6 is 0 Å². The lowest BCUT2D eigenvalue weighted by Gasteiger charge is -2.30. The van der Waals surface area contributed by atoms with Crippen molar-refractivity contribution in [2.45, 2.75) is 31.7 Å². The molecule has 0 bridgehead atoms. The van der Waals surface area contributed by atoms with Crippen molar-refractivity contribution in [1.29, 1.82) is 0 Å². The summed E-state index contributed by atoms with van der Waals surface area (Å²) in [4.78, 5) is 11.4. The summed E-state index contributed by atoms with van der Waals surface area (Å²) >= 11 is 0. The maximum atomic E-state index is 11.4. The zero-order valence-electron chi connectivity index (χ0n) is 12.6. The van der Waals surface area contributed by atoms with Crippen molar-refractivity contribution < 1.29 is 14.6 Å². The van der Waals surface area contributed by atoms with Crippen molar-refractivity contribution in [3.8, 4) is 0 Å². The number of carboxylic acids is 1. The van der Waals surface area contributed by atoms with E-state index in [-0.39, 0.29) is 17.9 Å². The number of hydrogen-bond donors (Lipinski definition) is 2. The number of aliphatic carboxylic acids is 1. The van der Waals surface area contributed by atoms with E-state index in [1.807, 2.05) is 18.2 Å². The summed E-state index contributed by atoms with van der Waals surface area (Å²) in [6, 6.07) is 10.3. The molecule has 2 N–H and O–H groups in total. The van der Waals surface area contributed by atoms with Crippen LogP contribution in [-0.4, -0.2) is 31.3 Å². The summed E-state index contributed by atoms with van der Waals surface area (Å²) in [6.07, 6.45) is 3.98. The Hall–Kier alpha value is -1.39. The quantitative estimate of drug-likeness (QED) is 0.811. The Labute approximate surface area is 126 Å². The zero-order chi connectivity index (χ0) is 15.1. The molecule has 1 aliphatic carbocycles. The average Bonchev–Trinajstić information content (AvgIpc) is 2.52. The van der Waals surface area contributed by atoms with E-state index in [4.69, 9.17) is 4.74 Å². The van der Waals surface area contributed by atoms with Gasteiger partial charge >= 0.3 is 5.97 Å². The van der Waals surface area contributed by atoms with Crippen molar-refractivity contribution in [3.63, 3.8) is 0 Å². The van der Waals surface area contributed by atoms with Gasteiger partial charge in [-0.1, -0.05) is 43.2 Å². The molecule has 3 unspecified atom stereocenters. The van der Waals surface area contributed by atoms with Crippen LogP contribution in [0.15, 0.2) is 30.3 Å². The molecule has 1 aromatic rings. The maximum absolute atomic E-state index is 11.4. The molecule has 0 aliphatic heterocycles. The second-order valence-corrected chi connectivity index (χ2v) is 5.82. The number of carboxylic acid groups (broad SMARTS) is 1. The molecular formula is C17H25NO3. The van der Waals surface area contributed by atoms with Crippen LogP contribution in [-0.2, 0) is 9.53 Å². The Morgan fingerprint density at radius 1 is 1.33 bits per heavy atom. The molecule has 0 heterocycles. The monoisotopic (exact) mass is 291 g/mol. The fraction of sp³-hybridized carbons (Fsp3) is 0.588. The second kappa shape index (κ2) is 8.15. The minimum absolute atomic E-state index is 0.118. The molecule has 4 heteroatoms. The van der Waals surface area contributed by atoms with Gasteiger partial charge in [-0.25, -0.2) is 0 Å². The Bertz CT molecular complexity index is 435. The fourth-order valence-corrected chi connectivity index (χ4v) is 3.20. The number of hydrogen-bond acceptors (Lipinski definition) is 3. The third kappa shape index (κ3) is 4.55. The lowest BCUT2D eigenvalue weighted by molar-refractivity contribution is -0.144. The topological polar surface area (TPSA) is 58.6 Å². The van der Waals surface area contributed by atoms with Gasteiger partial charge < -0.3 is 15.2 Å². The standard InChI is InChI=1S/C17H25NO3/c1-21-12-16(13-7-3-2-4-8-13)18-11-14-9-5-6-10-15(14)17(19)20/h2-4,7-8,14-16,18H,5-6,9-12H2,1H3,(H,19,20). The van der Waals surface area contributed by atoms with Crippen LogP contribution < -0.4 is 5.32 Å². The zero-order valence-corrected chi connectivity index (χ0v) is 12.6. The van der Waals surface area contributed by atoms with E-state index >= 15 is 0 Å². The molecule has 1 fully saturated rings. The molecule has 0 spiro atoms. The molecule has 0 aromatic heterocycles. The Morgan fingerprint density at radius 2 is 2.05 bits per heavy atom. The number of rotatable bonds is 7. The molecule has 2 rings (SSSR count). The van der Waals surface area contributed by atoms with Crippen LogP contribution in [0.3, 0.4) is 0 Å². The summed E-state index contributed by atoms with van der Waals surface area (Å²) in [5, 5.41) is 12.8. The van der Waals surface area contributed by atoms with E-state index in [1.54, 1.807) is 7.11 Å². The van der Waals surface area contributed by atoms with Crippen LogP contribution in [0, 0.1) is 11.8 Å². The van der Waals surface area contributed by atoms with Crippen molar-refractivity contribution in [1.82, 2.24) is 5.32 Å². The molecule has 3 atom stereocenters. The first-order valence-electron chi connectivity index (χ1n) is 7.72. The summed E-state index contributed by atoms with van der Waals surface area (Å²) in [5.41, 5.74) is 1.18. The molecule has 1 aliphatic rings. The number of methoxy groups -OCH3 is 1. The van der Waals surface area contributed by atoms with Gasteiger partial charge in [-0.2, -0.15) is 0 Å². The minimum atomic E-state index is -0.649. The highest BCUT2D eigenvalue weighted by Crippen LogP contribution is 2.30. The number of carbonyl (C=O) groups is 1. The average molecular weight is 291 g/mol. The molecule has 116 valence electrons. The van der Waals surface area contributed by atoms with Gasteiger partial charge in [0.25, 0.3) is 0 Å². The minimum Gasteiger partial charge on any atom is -0.481 e. The maximum Gasteiger partial charge on any atom is 0.306 e. The summed E-state index contributed by atoms with van der Waals surface area (Å²) in [5.74, 6) is -0.631. The first-order chi connectivity index (χ1) is 10.2. The van der Waals surface area contributed by atoms with Gasteiger partial charge in [0.1, 0.15) is 0 Å². The van der Waals surface area contributed by atoms with Crippen LogP contribution in [0.5, 0.6) is 0 Å². The summed E-state index contributed by atoms with van der Waals surface area (Å²) in [7, 11) is 1.69. The summed E-state index contributed by atoms with van der Waals surface area (Å²) in [6.45, 7) is 1.33. The normalized spacial score (nSPS) is 23.7. The molecule has 0 saturated heterocycles. The van der Waals surface area contributed by atoms with Gasteiger partial charge in [-0.15, -0.1) is 0 Å². The third-order valence-electron chi connectivity index (χ3n) is 4.39. The predicted molar refractivity (Wildman–Crippen MR) is 82.1 cm³/mol. The SMILES string of the molecule is COCC(NCC1CCCCC1C(=O)O)c1ccccc1. The first kappa shape index (κ1) is 16.0. The molecule has 21 heavy (non-hydrogen) atoms. The third-order valence-corrected chi connectivity index (χ3v) is 4.39. The Balaban J connectivity index is 1.96. The summed E-state index contributed by atoms with van der Waals surface area (Å²) < 4.78 is 5.29. The lowest BCUT2D eigenvalue weighted by Crippen LogP contribution is -2.37. The molecule has 1 aromatic carbocycles. The lowest BCUT2D eigenvalue weighted by atomic mass is 9.79. The van der Waals surface area contributed by atoms with Crippen molar-refractivity contribution in [2.75, 3.05) is 20.3 Å². The van der Waals surface area contributed by atoms with E-state index in [2.05, 4.69) is 17.4 Å². The molecule has 1 saturated carbocycles. The van der Waals surface area contributed by atoms with E-state index in [0.29, 0.717) is 6.61 Å². The van der Waals surface area contributed by atoms with Gasteiger partial charge in [0, 0.05) is 7.11 Å². The number of nitrogens with one attached hydrogen (secondary N) is 1. The number of ether oxygens (including phenoxy) is 1. The van der Waals surface area contributed by atoms with Gasteiger partial charge in [-0.3, -0.25) is 4.79 Å². The van der Waals surface area contributed by atoms with Gasteiger partial charge in [0.05, 0.1) is 18.6 Å². The highest BCUT2D eigenvalue weighted by Gasteiger charge is 2.30. The van der Waals surface area contributed by atoms with E-state index < -0.39 is 5.97 Å². The van der Waals surface area contributed by atoms with E-state index in [9.17, 15) is 9.90 Å². The fourth-order valence-electron chi connectivity index (χ4n) is 3.20. The second-order valence-electron chi connectivity index (χ2n) is 5.82. The predicted octanol–water partition coefficient (Wildman–Crippen LogP) is 2.85. The molecule has 4 nitrogen and oxygen atoms in total. The highest BCUT2D eigenvalue weighted by molar-refractivity contribution is 5.70. The first-order valence-corrected chi connectivity index (χ1v) is 7.72. The van der Waals surface area contributed by atoms with Gasteiger partial charge in [0.2, 0.25) is 0 Å². The largest absolute Gasteiger partial charge is 0.481 e. The molecule has 0 amide bonds. The number of benzene rings is 1. The van der Waals surface area contributed by atoms with E-state index in [0.717, 1.165) is 32.2 Å². The van der Waals surface area contributed by atoms with Crippen molar-refractivity contribution in [3.05, 3.63) is 35.9 Å². The molecule has 0 radical (unpaired) electrons. The van der Waals surface area contributed by atoms with Crippen LogP contribution in [0.2, 0.25) is 0 Å². The smallest absolute Gasteiger partial charge is 0.306 e. The van der Waals surface area contributed by atoms with Crippen molar-refractivity contribution >= 4 is 5.97 Å². The van der Waals surface area contributed by atoms with Gasteiger partial charge in [0.15, 0.2) is 0 Å². The molecular weight excluding hydrogens is 266 g/mol. The Morgan fingerprint density at radius 3 is 2.71 bits per heavy atom. The van der Waals surface area contributed by atoms with E-state index in [1.165, 1.54) is 5.56 Å². The van der Waals surface area contributed by atoms with Crippen LogP contribution in [0.25, 0.3) is 0 Å². The Kier molecular flexibility index (Phi) is 6.21. The van der Waals surface area contributed by atoms with Crippen LogP contribution in [0.4, 0.5) is 0 Å². The highest BCUT2D eigenvalue weighted by atomic mass is 16.5. The van der Waals surface area contributed by atoms with Crippen molar-refractivity contribution in [2.24, 2.45) is 11.8 Å².